The molecule has 0 radical (unpaired) electrons. The lowest BCUT2D eigenvalue weighted by Crippen LogP contribution is -2.48. The summed E-state index contributed by atoms with van der Waals surface area (Å²) in [7, 11) is -3.49. The molecule has 1 aliphatic heterocycles. The minimum Gasteiger partial charge on any atom is -0.490 e. The van der Waals surface area contributed by atoms with Gasteiger partial charge in [0.2, 0.25) is 0 Å². The van der Waals surface area contributed by atoms with E-state index in [1.807, 2.05) is 24.3 Å². The third-order valence-electron chi connectivity index (χ3n) is 4.25. The number of sulfonamides is 1. The summed E-state index contributed by atoms with van der Waals surface area (Å²) in [5.74, 6) is 0.815. The average molecular weight is 492 g/mol. The van der Waals surface area contributed by atoms with Crippen LogP contribution in [0, 0.1) is 0 Å². The van der Waals surface area contributed by atoms with E-state index in [4.69, 9.17) is 16.3 Å². The summed E-state index contributed by atoms with van der Waals surface area (Å²) >= 11 is 10.3. The molecule has 0 atom stereocenters. The van der Waals surface area contributed by atoms with E-state index >= 15 is 0 Å². The standard InChI is InChI=1S/C18H20BrClN2O3S2/c1-2-11-25-15-5-3-14(4-6-15)13-21-7-9-22(10-8-21)27(23,24)17-12-16(19)18(20)26-17/h2-6,12H,1,7-11,13H2. The van der Waals surface area contributed by atoms with Gasteiger partial charge in [0, 0.05) is 37.2 Å². The van der Waals surface area contributed by atoms with Crippen LogP contribution in [0.3, 0.4) is 0 Å². The average Bonchev–Trinajstić information content (AvgIpc) is 3.01. The molecule has 3 rings (SSSR count). The third kappa shape index (κ3) is 5.13. The Labute approximate surface area is 177 Å². The van der Waals surface area contributed by atoms with Crippen LogP contribution in [0.15, 0.2) is 51.7 Å². The number of rotatable bonds is 7. The van der Waals surface area contributed by atoms with E-state index in [2.05, 4.69) is 27.4 Å². The zero-order chi connectivity index (χ0) is 19.4. The largest absolute Gasteiger partial charge is 0.490 e. The van der Waals surface area contributed by atoms with E-state index in [0.29, 0.717) is 41.6 Å². The van der Waals surface area contributed by atoms with Gasteiger partial charge >= 0.3 is 0 Å². The maximum atomic E-state index is 12.8. The molecule has 1 fully saturated rings. The van der Waals surface area contributed by atoms with Crippen molar-refractivity contribution in [3.05, 3.63) is 57.4 Å². The fourth-order valence-corrected chi connectivity index (χ4v) is 6.69. The molecular formula is C18H20BrClN2O3S2. The number of hydrogen-bond donors (Lipinski definition) is 0. The summed E-state index contributed by atoms with van der Waals surface area (Å²) in [5.41, 5.74) is 1.17. The highest BCUT2D eigenvalue weighted by Crippen LogP contribution is 2.36. The lowest BCUT2D eigenvalue weighted by molar-refractivity contribution is 0.181. The van der Waals surface area contributed by atoms with E-state index in [0.717, 1.165) is 23.6 Å². The van der Waals surface area contributed by atoms with Crippen molar-refractivity contribution in [3.8, 4) is 5.75 Å². The van der Waals surface area contributed by atoms with Crippen LogP contribution in [0.4, 0.5) is 0 Å². The molecule has 2 heterocycles. The van der Waals surface area contributed by atoms with Crippen molar-refractivity contribution in [2.45, 2.75) is 10.8 Å². The maximum Gasteiger partial charge on any atom is 0.252 e. The second-order valence-corrected chi connectivity index (χ2v) is 10.8. The highest BCUT2D eigenvalue weighted by atomic mass is 79.9. The second-order valence-electron chi connectivity index (χ2n) is 6.11. The van der Waals surface area contributed by atoms with Crippen molar-refractivity contribution >= 4 is 48.9 Å². The number of nitrogens with zero attached hydrogens (tertiary/aromatic N) is 2. The molecule has 0 unspecified atom stereocenters. The highest BCUT2D eigenvalue weighted by molar-refractivity contribution is 9.10. The molecule has 27 heavy (non-hydrogen) atoms. The topological polar surface area (TPSA) is 49.9 Å². The van der Waals surface area contributed by atoms with Gasteiger partial charge in [-0.05, 0) is 39.7 Å². The quantitative estimate of drug-likeness (QED) is 0.544. The Morgan fingerprint density at radius 1 is 1.22 bits per heavy atom. The lowest BCUT2D eigenvalue weighted by atomic mass is 10.2. The third-order valence-corrected chi connectivity index (χ3v) is 9.07. The summed E-state index contributed by atoms with van der Waals surface area (Å²) in [6.45, 7) is 7.22. The monoisotopic (exact) mass is 490 g/mol. The molecule has 1 aromatic heterocycles. The Hall–Kier alpha value is -0.900. The van der Waals surface area contributed by atoms with Gasteiger partial charge in [0.15, 0.2) is 0 Å². The molecule has 0 N–H and O–H groups in total. The molecule has 1 aromatic carbocycles. The molecule has 0 aliphatic carbocycles. The van der Waals surface area contributed by atoms with Gasteiger partial charge in [-0.25, -0.2) is 8.42 Å². The molecule has 0 spiro atoms. The summed E-state index contributed by atoms with van der Waals surface area (Å²) in [6, 6.07) is 9.53. The first-order chi connectivity index (χ1) is 12.9. The molecule has 0 saturated carbocycles. The molecular weight excluding hydrogens is 472 g/mol. The van der Waals surface area contributed by atoms with Crippen LogP contribution >= 0.6 is 38.9 Å². The second kappa shape index (κ2) is 9.07. The Kier molecular flexibility index (Phi) is 6.99. The van der Waals surface area contributed by atoms with E-state index in [-0.39, 0.29) is 4.21 Å². The first-order valence-electron chi connectivity index (χ1n) is 8.40. The van der Waals surface area contributed by atoms with Crippen LogP contribution in [0.5, 0.6) is 5.75 Å². The Morgan fingerprint density at radius 2 is 1.89 bits per heavy atom. The number of piperazine rings is 1. The van der Waals surface area contributed by atoms with E-state index in [1.54, 1.807) is 12.1 Å². The van der Waals surface area contributed by atoms with Gasteiger partial charge in [-0.2, -0.15) is 4.31 Å². The van der Waals surface area contributed by atoms with E-state index < -0.39 is 10.0 Å². The van der Waals surface area contributed by atoms with E-state index in [9.17, 15) is 8.42 Å². The predicted molar refractivity (Wildman–Crippen MR) is 113 cm³/mol. The van der Waals surface area contributed by atoms with Crippen LogP contribution in [-0.4, -0.2) is 50.4 Å². The molecule has 146 valence electrons. The van der Waals surface area contributed by atoms with Gasteiger partial charge in [-0.1, -0.05) is 36.4 Å². The molecule has 0 amide bonds. The molecule has 5 nitrogen and oxygen atoms in total. The van der Waals surface area contributed by atoms with Crippen molar-refractivity contribution in [2.24, 2.45) is 0 Å². The van der Waals surface area contributed by atoms with Gasteiger partial charge < -0.3 is 4.74 Å². The summed E-state index contributed by atoms with van der Waals surface area (Å²) in [4.78, 5) is 2.25. The van der Waals surface area contributed by atoms with Gasteiger partial charge in [0.05, 0.1) is 0 Å². The fraction of sp³-hybridized carbons (Fsp3) is 0.333. The summed E-state index contributed by atoms with van der Waals surface area (Å²) in [5, 5.41) is 0. The van der Waals surface area contributed by atoms with Crippen molar-refractivity contribution in [1.29, 1.82) is 0 Å². The van der Waals surface area contributed by atoms with Crippen LogP contribution in [-0.2, 0) is 16.6 Å². The Bertz CT molecular complexity index is 872. The molecule has 1 saturated heterocycles. The molecule has 9 heteroatoms. The zero-order valence-electron chi connectivity index (χ0n) is 14.6. The number of benzene rings is 1. The lowest BCUT2D eigenvalue weighted by Gasteiger charge is -2.33. The molecule has 2 aromatic rings. The van der Waals surface area contributed by atoms with Crippen molar-refractivity contribution < 1.29 is 13.2 Å². The van der Waals surface area contributed by atoms with Gasteiger partial charge in [0.1, 0.15) is 20.9 Å². The number of hydrogen-bond acceptors (Lipinski definition) is 5. The SMILES string of the molecule is C=CCOc1ccc(CN2CCN(S(=O)(=O)c3cc(Br)c(Cl)s3)CC2)cc1. The first-order valence-corrected chi connectivity index (χ1v) is 11.8. The predicted octanol–water partition coefficient (Wildman–Crippen LogP) is 4.24. The van der Waals surface area contributed by atoms with Gasteiger partial charge in [-0.15, -0.1) is 11.3 Å². The minimum atomic E-state index is -3.49. The fourth-order valence-electron chi connectivity index (χ4n) is 2.81. The summed E-state index contributed by atoms with van der Waals surface area (Å²) in [6.07, 6.45) is 1.71. The highest BCUT2D eigenvalue weighted by Gasteiger charge is 2.30. The first kappa shape index (κ1) is 20.8. The van der Waals surface area contributed by atoms with Crippen molar-refractivity contribution in [3.63, 3.8) is 0 Å². The maximum absolute atomic E-state index is 12.8. The van der Waals surface area contributed by atoms with E-state index in [1.165, 1.54) is 9.87 Å². The van der Waals surface area contributed by atoms with Crippen LogP contribution < -0.4 is 4.74 Å². The Balaban J connectivity index is 1.56. The van der Waals surface area contributed by atoms with Crippen LogP contribution in [0.2, 0.25) is 4.34 Å². The number of thiophene rings is 1. The smallest absolute Gasteiger partial charge is 0.252 e. The molecule has 0 bridgehead atoms. The van der Waals surface area contributed by atoms with Crippen LogP contribution in [0.1, 0.15) is 5.56 Å². The number of halogens is 2. The number of ether oxygens (including phenoxy) is 1. The van der Waals surface area contributed by atoms with Crippen molar-refractivity contribution in [1.82, 2.24) is 9.21 Å². The van der Waals surface area contributed by atoms with Crippen molar-refractivity contribution in [2.75, 3.05) is 32.8 Å². The normalized spacial score (nSPS) is 16.4. The minimum absolute atomic E-state index is 0.280. The zero-order valence-corrected chi connectivity index (χ0v) is 18.6. The van der Waals surface area contributed by atoms with Gasteiger partial charge in [-0.3, -0.25) is 4.90 Å². The van der Waals surface area contributed by atoms with Crippen LogP contribution in [0.25, 0.3) is 0 Å². The Morgan fingerprint density at radius 3 is 2.44 bits per heavy atom. The van der Waals surface area contributed by atoms with Gasteiger partial charge in [0.25, 0.3) is 10.0 Å². The summed E-state index contributed by atoms with van der Waals surface area (Å²) < 4.78 is 33.9. The molecule has 1 aliphatic rings.